The van der Waals surface area contributed by atoms with E-state index in [9.17, 15) is 5.11 Å². The molecular weight excluding hydrogens is 206 g/mol. The predicted molar refractivity (Wildman–Crippen MR) is 61.4 cm³/mol. The van der Waals surface area contributed by atoms with E-state index < -0.39 is 5.60 Å². The Bertz CT molecular complexity index is 282. The molecule has 0 spiro atoms. The molecule has 1 saturated carbocycles. The monoisotopic (exact) mass is 227 g/mol. The van der Waals surface area contributed by atoms with Crippen LogP contribution in [0.25, 0.3) is 0 Å². The third-order valence-corrected chi connectivity index (χ3v) is 4.03. The van der Waals surface area contributed by atoms with Crippen LogP contribution in [-0.4, -0.2) is 46.3 Å². The summed E-state index contributed by atoms with van der Waals surface area (Å²) in [6, 6.07) is 0. The first kappa shape index (κ1) is 11.7. The Morgan fingerprint density at radius 2 is 2.25 bits per heavy atom. The summed E-state index contributed by atoms with van der Waals surface area (Å²) in [5.74, 6) is 0.614. The number of amidine groups is 1. The molecule has 2 aliphatic rings. The fourth-order valence-electron chi connectivity index (χ4n) is 3.04. The van der Waals surface area contributed by atoms with Crippen LogP contribution in [0.4, 0.5) is 0 Å². The molecule has 4 N–H and O–H groups in total. The normalized spacial score (nSPS) is 37.1. The second-order valence-corrected chi connectivity index (χ2v) is 5.12. The van der Waals surface area contributed by atoms with Crippen molar-refractivity contribution in [2.45, 2.75) is 37.7 Å². The number of rotatable bonds is 2. The van der Waals surface area contributed by atoms with E-state index in [1.807, 2.05) is 0 Å². The number of piperidine rings is 1. The van der Waals surface area contributed by atoms with Crippen molar-refractivity contribution in [3.05, 3.63) is 0 Å². The number of oxime groups is 1. The highest BCUT2D eigenvalue weighted by atomic mass is 16.4. The molecule has 2 fully saturated rings. The number of hydrogen-bond acceptors (Lipinski definition) is 4. The van der Waals surface area contributed by atoms with Gasteiger partial charge in [-0.05, 0) is 19.3 Å². The van der Waals surface area contributed by atoms with E-state index in [1.165, 1.54) is 6.42 Å². The Morgan fingerprint density at radius 1 is 1.44 bits per heavy atom. The Labute approximate surface area is 95.9 Å². The van der Waals surface area contributed by atoms with Gasteiger partial charge < -0.3 is 16.0 Å². The molecule has 5 nitrogen and oxygen atoms in total. The highest BCUT2D eigenvalue weighted by molar-refractivity contribution is 5.81. The molecule has 0 aromatic carbocycles. The molecule has 0 amide bonds. The van der Waals surface area contributed by atoms with Crippen LogP contribution < -0.4 is 5.73 Å². The second kappa shape index (κ2) is 4.59. The molecule has 5 heteroatoms. The summed E-state index contributed by atoms with van der Waals surface area (Å²) in [4.78, 5) is 2.17. The second-order valence-electron chi connectivity index (χ2n) is 5.12. The van der Waals surface area contributed by atoms with Gasteiger partial charge in [-0.2, -0.15) is 0 Å². The Kier molecular flexibility index (Phi) is 3.35. The van der Waals surface area contributed by atoms with Gasteiger partial charge in [0.1, 0.15) is 0 Å². The lowest BCUT2D eigenvalue weighted by Gasteiger charge is -2.47. The van der Waals surface area contributed by atoms with E-state index in [2.05, 4.69) is 10.1 Å². The van der Waals surface area contributed by atoms with Gasteiger partial charge in [0, 0.05) is 19.0 Å². The van der Waals surface area contributed by atoms with Crippen LogP contribution in [0.2, 0.25) is 0 Å². The molecule has 2 unspecified atom stereocenters. The molecule has 1 saturated heterocycles. The molecule has 0 radical (unpaired) electrons. The Hall–Kier alpha value is -0.810. The van der Waals surface area contributed by atoms with Crippen molar-refractivity contribution in [3.8, 4) is 0 Å². The minimum Gasteiger partial charge on any atom is -0.409 e. The minimum atomic E-state index is -0.445. The number of likely N-dealkylation sites (tertiary alicyclic amines) is 1. The lowest BCUT2D eigenvalue weighted by molar-refractivity contribution is -0.0928. The summed E-state index contributed by atoms with van der Waals surface area (Å²) < 4.78 is 0. The van der Waals surface area contributed by atoms with Gasteiger partial charge >= 0.3 is 0 Å². The molecule has 1 aliphatic heterocycles. The molecule has 0 aromatic rings. The lowest BCUT2D eigenvalue weighted by atomic mass is 9.71. The van der Waals surface area contributed by atoms with Crippen LogP contribution in [-0.2, 0) is 0 Å². The van der Waals surface area contributed by atoms with E-state index in [1.54, 1.807) is 0 Å². The van der Waals surface area contributed by atoms with E-state index in [0.29, 0.717) is 12.5 Å². The van der Waals surface area contributed by atoms with Gasteiger partial charge in [0.25, 0.3) is 0 Å². The van der Waals surface area contributed by atoms with Gasteiger partial charge in [0.15, 0.2) is 5.84 Å². The van der Waals surface area contributed by atoms with Crippen molar-refractivity contribution in [2.75, 3.05) is 19.6 Å². The highest BCUT2D eigenvalue weighted by Crippen LogP contribution is 2.39. The molecule has 0 bridgehead atoms. The van der Waals surface area contributed by atoms with Crippen molar-refractivity contribution in [1.82, 2.24) is 4.90 Å². The molecule has 16 heavy (non-hydrogen) atoms. The third-order valence-electron chi connectivity index (χ3n) is 4.03. The number of fused-ring (bicyclic) bond motifs is 1. The fourth-order valence-corrected chi connectivity index (χ4v) is 3.04. The molecular formula is C11H21N3O2. The quantitative estimate of drug-likeness (QED) is 0.275. The molecule has 2 atom stereocenters. The van der Waals surface area contributed by atoms with Crippen LogP contribution in [0, 0.1) is 5.92 Å². The Morgan fingerprint density at radius 3 is 3.00 bits per heavy atom. The maximum absolute atomic E-state index is 10.5. The highest BCUT2D eigenvalue weighted by Gasteiger charge is 2.42. The first-order valence-corrected chi connectivity index (χ1v) is 6.05. The van der Waals surface area contributed by atoms with E-state index in [0.717, 1.165) is 38.8 Å². The standard InChI is InChI=1S/C11H21N3O2/c12-10(13-16)8-14-6-5-11(15)4-2-1-3-9(11)7-14/h9,15-16H,1-8H2,(H2,12,13). The largest absolute Gasteiger partial charge is 0.409 e. The fraction of sp³-hybridized carbons (Fsp3) is 0.909. The summed E-state index contributed by atoms with van der Waals surface area (Å²) >= 11 is 0. The lowest BCUT2D eigenvalue weighted by Crippen LogP contribution is -2.54. The average Bonchev–Trinajstić information content (AvgIpc) is 2.29. The van der Waals surface area contributed by atoms with Gasteiger partial charge in [-0.25, -0.2) is 0 Å². The van der Waals surface area contributed by atoms with Gasteiger partial charge in [0.05, 0.1) is 12.1 Å². The maximum Gasteiger partial charge on any atom is 0.153 e. The number of aliphatic hydroxyl groups is 1. The van der Waals surface area contributed by atoms with Crippen molar-refractivity contribution < 1.29 is 10.3 Å². The molecule has 2 rings (SSSR count). The van der Waals surface area contributed by atoms with Crippen LogP contribution in [0.1, 0.15) is 32.1 Å². The zero-order chi connectivity index (χ0) is 11.6. The molecule has 92 valence electrons. The van der Waals surface area contributed by atoms with Gasteiger partial charge in [-0.15, -0.1) is 0 Å². The third kappa shape index (κ3) is 2.30. The van der Waals surface area contributed by atoms with Crippen molar-refractivity contribution >= 4 is 5.84 Å². The number of nitrogens with zero attached hydrogens (tertiary/aromatic N) is 2. The number of hydrogen-bond donors (Lipinski definition) is 3. The maximum atomic E-state index is 10.5. The zero-order valence-electron chi connectivity index (χ0n) is 9.60. The summed E-state index contributed by atoms with van der Waals surface area (Å²) in [6.45, 7) is 2.21. The molecule has 1 heterocycles. The van der Waals surface area contributed by atoms with Crippen LogP contribution in [0.5, 0.6) is 0 Å². The van der Waals surface area contributed by atoms with E-state index >= 15 is 0 Å². The minimum absolute atomic E-state index is 0.251. The van der Waals surface area contributed by atoms with E-state index in [-0.39, 0.29) is 5.84 Å². The van der Waals surface area contributed by atoms with Crippen molar-refractivity contribution in [2.24, 2.45) is 16.8 Å². The van der Waals surface area contributed by atoms with Crippen LogP contribution in [0.15, 0.2) is 5.16 Å². The summed E-state index contributed by atoms with van der Waals surface area (Å²) in [5, 5.41) is 22.0. The molecule has 0 aromatic heterocycles. The van der Waals surface area contributed by atoms with Crippen LogP contribution in [0.3, 0.4) is 0 Å². The molecule has 1 aliphatic carbocycles. The van der Waals surface area contributed by atoms with Gasteiger partial charge in [0.2, 0.25) is 0 Å². The Balaban J connectivity index is 1.94. The summed E-state index contributed by atoms with van der Waals surface area (Å²) in [5.41, 5.74) is 5.06. The first-order valence-electron chi connectivity index (χ1n) is 6.05. The SMILES string of the molecule is NC(CN1CCC2(O)CCCCC2C1)=NO. The van der Waals surface area contributed by atoms with Crippen LogP contribution >= 0.6 is 0 Å². The zero-order valence-corrected chi connectivity index (χ0v) is 9.60. The number of nitrogens with two attached hydrogens (primary N) is 1. The average molecular weight is 227 g/mol. The summed E-state index contributed by atoms with van der Waals surface area (Å²) in [6.07, 6.45) is 5.21. The van der Waals surface area contributed by atoms with Gasteiger partial charge in [-0.3, -0.25) is 4.90 Å². The van der Waals surface area contributed by atoms with Gasteiger partial charge in [-0.1, -0.05) is 18.0 Å². The van der Waals surface area contributed by atoms with Crippen molar-refractivity contribution in [1.29, 1.82) is 0 Å². The van der Waals surface area contributed by atoms with E-state index in [4.69, 9.17) is 10.9 Å². The summed E-state index contributed by atoms with van der Waals surface area (Å²) in [7, 11) is 0. The smallest absolute Gasteiger partial charge is 0.153 e. The topological polar surface area (TPSA) is 82.1 Å². The predicted octanol–water partition coefficient (Wildman–Crippen LogP) is 0.360. The van der Waals surface area contributed by atoms with Crippen molar-refractivity contribution in [3.63, 3.8) is 0 Å². The first-order chi connectivity index (χ1) is 7.64.